The van der Waals surface area contributed by atoms with E-state index in [0.29, 0.717) is 45.1 Å². The van der Waals surface area contributed by atoms with E-state index in [0.717, 1.165) is 18.2 Å². The molecular weight excluding hydrogens is 813 g/mol. The summed E-state index contributed by atoms with van der Waals surface area (Å²) in [5, 5.41) is 54.1. The van der Waals surface area contributed by atoms with Gasteiger partial charge < -0.3 is 36.3 Å². The number of aliphatic hydroxyl groups excluding tert-OH is 1. The molecule has 4 atom stereocenters. The van der Waals surface area contributed by atoms with Crippen LogP contribution in [0.25, 0.3) is 5.76 Å². The molecule has 15 nitrogen and oxygen atoms in total. The molecule has 57 heavy (non-hydrogen) atoms. The Labute approximate surface area is 341 Å². The number of nitrogens with zero attached hydrogens (tertiary/aromatic N) is 1. The first-order chi connectivity index (χ1) is 26.9. The number of sulfonamides is 1. The Balaban J connectivity index is 1.30. The fraction of sp³-hybridized carbons (Fsp3) is 0.289. The Morgan fingerprint density at radius 2 is 1.56 bits per heavy atom. The molecule has 3 aromatic carbocycles. The lowest BCUT2D eigenvalue weighted by atomic mass is 9.98. The van der Waals surface area contributed by atoms with Gasteiger partial charge in [0, 0.05) is 41.2 Å². The molecule has 306 valence electrons. The number of aromatic hydroxyl groups is 4. The number of rotatable bonds is 18. The molecule has 0 fully saturated rings. The molecule has 0 spiro atoms. The number of hydrogen-bond donors (Lipinski definition) is 10. The van der Waals surface area contributed by atoms with Crippen molar-refractivity contribution in [3.05, 3.63) is 117 Å². The van der Waals surface area contributed by atoms with E-state index in [2.05, 4.69) is 30.0 Å². The predicted molar refractivity (Wildman–Crippen MR) is 228 cm³/mol. The highest BCUT2D eigenvalue weighted by molar-refractivity contribution is 8.01. The minimum absolute atomic E-state index is 0.0208. The molecule has 3 aromatic rings. The van der Waals surface area contributed by atoms with Crippen LogP contribution in [0.15, 0.2) is 105 Å². The van der Waals surface area contributed by atoms with Crippen molar-refractivity contribution in [2.45, 2.75) is 51.1 Å². The van der Waals surface area contributed by atoms with Gasteiger partial charge in [-0.3, -0.25) is 4.72 Å². The number of phenolic OH excluding ortho intramolecular Hbond substituents is 4. The van der Waals surface area contributed by atoms with Crippen molar-refractivity contribution in [2.75, 3.05) is 17.4 Å². The molecule has 1 aliphatic carbocycles. The molecule has 0 aromatic heterocycles. The molecular formula is C38H46N6O9S4. The number of benzene rings is 3. The minimum Gasteiger partial charge on any atom is -0.508 e. The maximum Gasteiger partial charge on any atom is 0.240 e. The molecule has 0 saturated carbocycles. The van der Waals surface area contributed by atoms with Gasteiger partial charge in [-0.25, -0.2) is 31.4 Å². The normalized spacial score (nSPS) is 18.6. The lowest BCUT2D eigenvalue weighted by molar-refractivity contribution is 0.451. The van der Waals surface area contributed by atoms with Crippen LogP contribution in [0.2, 0.25) is 0 Å². The zero-order chi connectivity index (χ0) is 41.5. The van der Waals surface area contributed by atoms with E-state index in [1.54, 1.807) is 56.3 Å². The zero-order valence-corrected chi connectivity index (χ0v) is 34.7. The Morgan fingerprint density at radius 3 is 2.21 bits per heavy atom. The third kappa shape index (κ3) is 12.4. The molecule has 2 aliphatic rings. The van der Waals surface area contributed by atoms with Crippen LogP contribution in [0.4, 0.5) is 5.69 Å². The molecule has 10 N–H and O–H groups in total. The second-order valence-electron chi connectivity index (χ2n) is 13.8. The standard InChI is InChI=1S/C38H46N6O9S4/c1-22(40-41-38-32-20-31(10-11-33(32)43-55-38)57(52,53)44-24(3)15-27-19-30(46)9-13-35(27)48)16-36(54-42-23(2)14-26-18-29(45)8-12-34(26)47)37(49)25-6-5-7-28(17-25)39-21-56(4,50)51/h5-13,16-20,23-24,32,38-42,44-49H,14-15,21H2,1-4H3. The van der Waals surface area contributed by atoms with Crippen molar-refractivity contribution < 1.29 is 42.4 Å². The van der Waals surface area contributed by atoms with E-state index in [4.69, 9.17) is 0 Å². The lowest BCUT2D eigenvalue weighted by Crippen LogP contribution is -2.42. The van der Waals surface area contributed by atoms with Crippen LogP contribution >= 0.6 is 23.9 Å². The van der Waals surface area contributed by atoms with E-state index in [1.165, 1.54) is 54.4 Å². The summed E-state index contributed by atoms with van der Waals surface area (Å²) in [6.45, 7) is 5.31. The van der Waals surface area contributed by atoms with Crippen LogP contribution < -0.4 is 25.6 Å². The van der Waals surface area contributed by atoms with Crippen LogP contribution in [0.5, 0.6) is 23.0 Å². The summed E-state index contributed by atoms with van der Waals surface area (Å²) in [6, 6.07) is 14.2. The first kappa shape index (κ1) is 43.5. The van der Waals surface area contributed by atoms with Gasteiger partial charge in [-0.2, -0.15) is 0 Å². The molecule has 4 unspecified atom stereocenters. The topological polar surface area (TPSA) is 242 Å². The van der Waals surface area contributed by atoms with E-state index >= 15 is 0 Å². The summed E-state index contributed by atoms with van der Waals surface area (Å²) in [7, 11) is -7.28. The van der Waals surface area contributed by atoms with Gasteiger partial charge in [0.25, 0.3) is 0 Å². The first-order valence-electron chi connectivity index (χ1n) is 17.6. The summed E-state index contributed by atoms with van der Waals surface area (Å²) in [4.78, 5) is 0.442. The number of aliphatic hydroxyl groups is 1. The second kappa shape index (κ2) is 18.8. The van der Waals surface area contributed by atoms with Gasteiger partial charge in [0.1, 0.15) is 40.0 Å². The van der Waals surface area contributed by atoms with Crippen molar-refractivity contribution in [3.63, 3.8) is 0 Å². The third-order valence-electron chi connectivity index (χ3n) is 8.58. The number of hydrogen-bond acceptors (Lipinski definition) is 16. The van der Waals surface area contributed by atoms with Gasteiger partial charge in [0.05, 0.1) is 15.5 Å². The van der Waals surface area contributed by atoms with Crippen LogP contribution in [-0.4, -0.2) is 77.7 Å². The molecule has 0 saturated heterocycles. The summed E-state index contributed by atoms with van der Waals surface area (Å²) in [5.41, 5.74) is 9.41. The number of sulfone groups is 1. The van der Waals surface area contributed by atoms with Crippen LogP contribution in [0.1, 0.15) is 37.5 Å². The van der Waals surface area contributed by atoms with Gasteiger partial charge in [0.2, 0.25) is 10.0 Å². The average Bonchev–Trinajstić information content (AvgIpc) is 3.56. The number of phenols is 4. The monoisotopic (exact) mass is 858 g/mol. The molecule has 1 aliphatic heterocycles. The van der Waals surface area contributed by atoms with Crippen molar-refractivity contribution in [1.29, 1.82) is 0 Å². The summed E-state index contributed by atoms with van der Waals surface area (Å²) >= 11 is 2.35. The van der Waals surface area contributed by atoms with E-state index < -0.39 is 37.2 Å². The smallest absolute Gasteiger partial charge is 0.240 e. The fourth-order valence-corrected chi connectivity index (χ4v) is 9.31. The number of nitrogens with one attached hydrogen (secondary N) is 5. The summed E-state index contributed by atoms with van der Waals surface area (Å²) < 4.78 is 60.7. The minimum atomic E-state index is -3.97. The van der Waals surface area contributed by atoms with Crippen molar-refractivity contribution >= 4 is 60.9 Å². The van der Waals surface area contributed by atoms with Gasteiger partial charge >= 0.3 is 0 Å². The number of allylic oxidation sites excluding steroid dienone is 4. The summed E-state index contributed by atoms with van der Waals surface area (Å²) in [5.74, 6) is -0.850. The highest BCUT2D eigenvalue weighted by Gasteiger charge is 2.34. The maximum absolute atomic E-state index is 13.4. The molecule has 0 bridgehead atoms. The van der Waals surface area contributed by atoms with E-state index in [9.17, 15) is 42.4 Å². The van der Waals surface area contributed by atoms with Crippen LogP contribution in [0.3, 0.4) is 0 Å². The molecule has 19 heteroatoms. The molecule has 1 heterocycles. The van der Waals surface area contributed by atoms with Crippen molar-refractivity contribution in [2.24, 2.45) is 10.3 Å². The largest absolute Gasteiger partial charge is 0.508 e. The summed E-state index contributed by atoms with van der Waals surface area (Å²) in [6.07, 6.45) is 8.06. The fourth-order valence-electron chi connectivity index (χ4n) is 5.82. The quantitative estimate of drug-likeness (QED) is 0.0264. The number of fused-ring (bicyclic) bond motifs is 1. The lowest BCUT2D eigenvalue weighted by Gasteiger charge is -2.23. The first-order valence-corrected chi connectivity index (χ1v) is 22.8. The third-order valence-corrected chi connectivity index (χ3v) is 12.9. The van der Waals surface area contributed by atoms with E-state index in [1.807, 2.05) is 6.92 Å². The van der Waals surface area contributed by atoms with E-state index in [-0.39, 0.29) is 52.0 Å². The Hall–Kier alpha value is -4.63. The van der Waals surface area contributed by atoms with Crippen LogP contribution in [-0.2, 0) is 32.7 Å². The number of anilines is 1. The van der Waals surface area contributed by atoms with Gasteiger partial charge in [-0.15, -0.1) is 0 Å². The molecule has 0 amide bonds. The second-order valence-corrected chi connectivity index (χ2v) is 19.4. The average molecular weight is 859 g/mol. The molecule has 0 radical (unpaired) electrons. The predicted octanol–water partition coefficient (Wildman–Crippen LogP) is 5.07. The Bertz CT molecular complexity index is 2350. The van der Waals surface area contributed by atoms with Gasteiger partial charge in [0.15, 0.2) is 9.84 Å². The zero-order valence-electron chi connectivity index (χ0n) is 31.5. The SMILES string of the molecule is CC(=CC(SNC(C)Cc1cc(O)ccc1O)=C(O)c1cccc(NCS(C)(=O)=O)c1)NNC1SN=C2C=CC(S(=O)(=O)NC(C)Cc3cc(O)ccc3O)=CC21. The Kier molecular flexibility index (Phi) is 14.3. The van der Waals surface area contributed by atoms with Crippen molar-refractivity contribution in [1.82, 2.24) is 20.3 Å². The molecule has 5 rings (SSSR count). The van der Waals surface area contributed by atoms with Gasteiger partial charge in [-0.1, -0.05) is 18.2 Å². The Morgan fingerprint density at radius 1 is 0.912 bits per heavy atom. The maximum atomic E-state index is 13.4. The highest BCUT2D eigenvalue weighted by atomic mass is 32.2. The number of hydrazine groups is 1. The van der Waals surface area contributed by atoms with Crippen LogP contribution in [0, 0.1) is 5.92 Å². The van der Waals surface area contributed by atoms with Gasteiger partial charge in [-0.05, 0) is 135 Å². The highest BCUT2D eigenvalue weighted by Crippen LogP contribution is 2.35. The van der Waals surface area contributed by atoms with Crippen molar-refractivity contribution in [3.8, 4) is 23.0 Å².